The number of methoxy groups -OCH3 is 1. The first kappa shape index (κ1) is 13.6. The lowest BCUT2D eigenvalue weighted by atomic mass is 10.0. The van der Waals surface area contributed by atoms with Crippen molar-refractivity contribution in [2.24, 2.45) is 0 Å². The van der Waals surface area contributed by atoms with Crippen LogP contribution in [0.2, 0.25) is 0 Å². The van der Waals surface area contributed by atoms with Gasteiger partial charge in [-0.1, -0.05) is 0 Å². The maximum Gasteiger partial charge on any atom is 0.210 e. The molecule has 0 aliphatic carbocycles. The van der Waals surface area contributed by atoms with E-state index in [2.05, 4.69) is 4.98 Å². The van der Waals surface area contributed by atoms with E-state index >= 15 is 0 Å². The Morgan fingerprint density at radius 3 is 2.81 bits per heavy atom. The Morgan fingerprint density at radius 1 is 1.24 bits per heavy atom. The topological polar surface area (TPSA) is 45.6 Å². The van der Waals surface area contributed by atoms with Crippen molar-refractivity contribution in [2.75, 3.05) is 18.6 Å². The molecule has 0 atom stereocenters. The summed E-state index contributed by atoms with van der Waals surface area (Å²) >= 11 is 0. The summed E-state index contributed by atoms with van der Waals surface area (Å²) in [5.74, 6) is -2.03. The van der Waals surface area contributed by atoms with E-state index in [0.29, 0.717) is 25.2 Å². The van der Waals surface area contributed by atoms with E-state index in [0.717, 1.165) is 17.2 Å². The van der Waals surface area contributed by atoms with Crippen LogP contribution in [0, 0.1) is 11.6 Å². The fourth-order valence-corrected chi connectivity index (χ4v) is 2.53. The van der Waals surface area contributed by atoms with Gasteiger partial charge in [-0.05, 0) is 17.5 Å². The summed E-state index contributed by atoms with van der Waals surface area (Å²) in [5.41, 5.74) is 2.54. The van der Waals surface area contributed by atoms with Crippen molar-refractivity contribution in [1.29, 1.82) is 0 Å². The Hall–Kier alpha value is -2.37. The molecule has 4 nitrogen and oxygen atoms in total. The van der Waals surface area contributed by atoms with Crippen LogP contribution in [-0.2, 0) is 13.0 Å². The minimum absolute atomic E-state index is 0.00306. The third-order valence-electron chi connectivity index (χ3n) is 3.65. The predicted octanol–water partition coefficient (Wildman–Crippen LogP) is 2.64. The van der Waals surface area contributed by atoms with Crippen LogP contribution in [0.15, 0.2) is 24.4 Å². The summed E-state index contributed by atoms with van der Waals surface area (Å²) in [6.07, 6.45) is 2.31. The van der Waals surface area contributed by atoms with Gasteiger partial charge in [0.1, 0.15) is 0 Å². The Balaban J connectivity index is 1.93. The quantitative estimate of drug-likeness (QED) is 0.924. The summed E-state index contributed by atoms with van der Waals surface area (Å²) in [5, 5.41) is 9.37. The smallest absolute Gasteiger partial charge is 0.210 e. The van der Waals surface area contributed by atoms with Crippen molar-refractivity contribution in [3.63, 3.8) is 0 Å². The molecule has 2 aromatic rings. The van der Waals surface area contributed by atoms with Gasteiger partial charge in [0.15, 0.2) is 11.6 Å². The Bertz CT molecular complexity index is 692. The minimum atomic E-state index is -0.981. The molecule has 0 unspecified atom stereocenters. The van der Waals surface area contributed by atoms with Gasteiger partial charge in [0.05, 0.1) is 7.11 Å². The monoisotopic (exact) mass is 292 g/mol. The van der Waals surface area contributed by atoms with E-state index in [1.807, 2.05) is 4.90 Å². The number of aromatic hydroxyl groups is 1. The van der Waals surface area contributed by atoms with Crippen LogP contribution in [0.3, 0.4) is 0 Å². The Morgan fingerprint density at radius 2 is 2.05 bits per heavy atom. The number of nitrogens with zero attached hydrogens (tertiary/aromatic N) is 2. The molecule has 1 aromatic heterocycles. The molecule has 21 heavy (non-hydrogen) atoms. The minimum Gasteiger partial charge on any atom is -0.493 e. The average Bonchev–Trinajstić information content (AvgIpc) is 2.49. The van der Waals surface area contributed by atoms with Gasteiger partial charge >= 0.3 is 0 Å². The summed E-state index contributed by atoms with van der Waals surface area (Å²) in [4.78, 5) is 5.78. The van der Waals surface area contributed by atoms with Crippen LogP contribution >= 0.6 is 0 Å². The maximum atomic E-state index is 13.6. The number of ether oxygens (including phenoxy) is 1. The number of hydrogen-bond acceptors (Lipinski definition) is 4. The molecule has 0 spiro atoms. The van der Waals surface area contributed by atoms with Gasteiger partial charge in [-0.25, -0.2) is 9.37 Å². The summed E-state index contributed by atoms with van der Waals surface area (Å²) in [6.45, 7) is 1.17. The number of aromatic nitrogens is 1. The normalized spacial score (nSPS) is 14.0. The summed E-state index contributed by atoms with van der Waals surface area (Å²) in [7, 11) is 1.31. The van der Waals surface area contributed by atoms with Crippen LogP contribution in [0.4, 0.5) is 14.5 Å². The molecule has 0 saturated heterocycles. The zero-order valence-electron chi connectivity index (χ0n) is 11.4. The molecule has 0 saturated carbocycles. The van der Waals surface area contributed by atoms with E-state index < -0.39 is 11.6 Å². The van der Waals surface area contributed by atoms with E-state index in [-0.39, 0.29) is 11.6 Å². The van der Waals surface area contributed by atoms with Crippen molar-refractivity contribution in [3.05, 3.63) is 47.2 Å². The van der Waals surface area contributed by atoms with Crippen LogP contribution in [-0.4, -0.2) is 23.7 Å². The van der Waals surface area contributed by atoms with Crippen LogP contribution in [0.25, 0.3) is 0 Å². The van der Waals surface area contributed by atoms with E-state index in [1.165, 1.54) is 13.2 Å². The van der Waals surface area contributed by atoms with Crippen molar-refractivity contribution in [1.82, 2.24) is 4.98 Å². The molecular formula is C15H14F2N2O2. The number of benzene rings is 1. The summed E-state index contributed by atoms with van der Waals surface area (Å²) in [6, 6.07) is 4.28. The van der Waals surface area contributed by atoms with Gasteiger partial charge < -0.3 is 14.7 Å². The van der Waals surface area contributed by atoms with Gasteiger partial charge in [0, 0.05) is 43.2 Å². The SMILES string of the molecule is COc1cc(N2CCc3cc(O)ncc3C2)cc(F)c1F. The number of halogens is 2. The second-order valence-corrected chi connectivity index (χ2v) is 4.93. The number of pyridine rings is 1. The molecule has 1 N–H and O–H groups in total. The molecule has 0 amide bonds. The van der Waals surface area contributed by atoms with Gasteiger partial charge in [-0.3, -0.25) is 0 Å². The first-order valence-electron chi connectivity index (χ1n) is 6.53. The van der Waals surface area contributed by atoms with Crippen LogP contribution in [0.1, 0.15) is 11.1 Å². The van der Waals surface area contributed by atoms with Gasteiger partial charge in [-0.2, -0.15) is 4.39 Å². The second kappa shape index (κ2) is 5.20. The highest BCUT2D eigenvalue weighted by atomic mass is 19.2. The standard InChI is InChI=1S/C15H14F2N2O2/c1-21-13-6-11(5-12(16)15(13)17)19-3-2-9-4-14(20)18-7-10(9)8-19/h4-7H,2-3,8H2,1H3,(H,18,20). The molecule has 1 aromatic carbocycles. The first-order chi connectivity index (χ1) is 10.1. The van der Waals surface area contributed by atoms with Crippen molar-refractivity contribution in [3.8, 4) is 11.6 Å². The number of fused-ring (bicyclic) bond motifs is 1. The molecule has 0 fully saturated rings. The molecule has 3 rings (SSSR count). The molecule has 2 heterocycles. The lowest BCUT2D eigenvalue weighted by Crippen LogP contribution is -2.30. The molecule has 0 bridgehead atoms. The van der Waals surface area contributed by atoms with Gasteiger partial charge in [0.25, 0.3) is 0 Å². The lowest BCUT2D eigenvalue weighted by molar-refractivity contribution is 0.372. The Kier molecular flexibility index (Phi) is 3.37. The largest absolute Gasteiger partial charge is 0.493 e. The van der Waals surface area contributed by atoms with E-state index in [9.17, 15) is 13.9 Å². The van der Waals surface area contributed by atoms with Crippen molar-refractivity contribution in [2.45, 2.75) is 13.0 Å². The molecular weight excluding hydrogens is 278 g/mol. The fourth-order valence-electron chi connectivity index (χ4n) is 2.53. The third-order valence-corrected chi connectivity index (χ3v) is 3.65. The molecule has 110 valence electrons. The first-order valence-corrected chi connectivity index (χ1v) is 6.53. The van der Waals surface area contributed by atoms with E-state index in [1.54, 1.807) is 12.3 Å². The summed E-state index contributed by atoms with van der Waals surface area (Å²) < 4.78 is 31.9. The molecule has 6 heteroatoms. The Labute approximate surface area is 120 Å². The molecule has 0 radical (unpaired) electrons. The second-order valence-electron chi connectivity index (χ2n) is 4.93. The van der Waals surface area contributed by atoms with Gasteiger partial charge in [-0.15, -0.1) is 0 Å². The number of anilines is 1. The maximum absolute atomic E-state index is 13.6. The van der Waals surface area contributed by atoms with Gasteiger partial charge in [0.2, 0.25) is 11.7 Å². The van der Waals surface area contributed by atoms with Crippen LogP contribution in [0.5, 0.6) is 11.6 Å². The fraction of sp³-hybridized carbons (Fsp3) is 0.267. The van der Waals surface area contributed by atoms with Crippen molar-refractivity contribution < 1.29 is 18.6 Å². The van der Waals surface area contributed by atoms with E-state index in [4.69, 9.17) is 4.74 Å². The highest BCUT2D eigenvalue weighted by Gasteiger charge is 2.20. The number of hydrogen-bond donors (Lipinski definition) is 1. The zero-order valence-corrected chi connectivity index (χ0v) is 11.4. The molecule has 1 aliphatic rings. The van der Waals surface area contributed by atoms with Crippen LogP contribution < -0.4 is 9.64 Å². The zero-order chi connectivity index (χ0) is 15.0. The average molecular weight is 292 g/mol. The highest BCUT2D eigenvalue weighted by molar-refractivity contribution is 5.54. The third kappa shape index (κ3) is 2.49. The predicted molar refractivity (Wildman–Crippen MR) is 73.6 cm³/mol. The molecule has 1 aliphatic heterocycles. The highest BCUT2D eigenvalue weighted by Crippen LogP contribution is 2.31. The number of rotatable bonds is 2. The van der Waals surface area contributed by atoms with Crippen molar-refractivity contribution >= 4 is 5.69 Å². The lowest BCUT2D eigenvalue weighted by Gasteiger charge is -2.30.